The van der Waals surface area contributed by atoms with Crippen molar-refractivity contribution < 1.29 is 14.0 Å². The van der Waals surface area contributed by atoms with Gasteiger partial charge in [0.05, 0.1) is 17.6 Å². The van der Waals surface area contributed by atoms with Crippen molar-refractivity contribution in [3.8, 4) is 11.3 Å². The summed E-state index contributed by atoms with van der Waals surface area (Å²) in [5.74, 6) is 0.315. The lowest BCUT2D eigenvalue weighted by Crippen LogP contribution is -2.37. The molecule has 30 heavy (non-hydrogen) atoms. The number of aryl methyl sites for hydroxylation is 2. The van der Waals surface area contributed by atoms with E-state index in [0.29, 0.717) is 17.9 Å². The highest BCUT2D eigenvalue weighted by molar-refractivity contribution is 5.95. The number of Topliss-reactive ketones (excluding diaryl/α,β-unsaturated/α-hetero) is 1. The van der Waals surface area contributed by atoms with Gasteiger partial charge in [-0.2, -0.15) is 5.10 Å². The van der Waals surface area contributed by atoms with Crippen LogP contribution in [0.25, 0.3) is 11.3 Å². The molecule has 0 unspecified atom stereocenters. The van der Waals surface area contributed by atoms with Crippen LogP contribution in [-0.2, 0) is 22.6 Å². The zero-order chi connectivity index (χ0) is 21.1. The van der Waals surface area contributed by atoms with Gasteiger partial charge in [0.25, 0.3) is 0 Å². The number of hydrogen-bond acceptors (Lipinski definition) is 5. The molecular weight excluding hydrogens is 385 g/mol. The molecule has 4 rings (SSSR count). The number of amides is 1. The number of hydrogen-bond donors (Lipinski definition) is 0. The van der Waals surface area contributed by atoms with Gasteiger partial charge in [-0.25, -0.2) is 9.07 Å². The van der Waals surface area contributed by atoms with Gasteiger partial charge in [-0.15, -0.1) is 0 Å². The number of rotatable bonds is 6. The van der Waals surface area contributed by atoms with E-state index in [0.717, 1.165) is 36.2 Å². The Morgan fingerprint density at radius 1 is 1.07 bits per heavy atom. The van der Waals surface area contributed by atoms with Gasteiger partial charge in [0, 0.05) is 55.9 Å². The lowest BCUT2D eigenvalue weighted by atomic mass is 10.1. The number of carbonyl (C=O) groups is 2. The smallest absolute Gasteiger partial charge is 0.228 e. The molecule has 3 aromatic heterocycles. The first-order chi connectivity index (χ1) is 14.5. The molecule has 0 aliphatic carbocycles. The normalized spacial score (nSPS) is 13.2. The van der Waals surface area contributed by atoms with E-state index in [4.69, 9.17) is 0 Å². The maximum atomic E-state index is 13.0. The molecule has 1 amide bonds. The van der Waals surface area contributed by atoms with Crippen LogP contribution in [0.4, 0.5) is 10.2 Å². The summed E-state index contributed by atoms with van der Waals surface area (Å²) in [6.45, 7) is 3.36. The van der Waals surface area contributed by atoms with E-state index >= 15 is 0 Å². The van der Waals surface area contributed by atoms with Gasteiger partial charge in [0.1, 0.15) is 17.4 Å². The standard InChI is InChI=1S/C22H22FN5O2/c1-15-11-21-27(9-2-10-28(21)26-15)22(30)8-6-19(29)12-18-5-3-16(13-24-18)20-7-4-17(23)14-25-20/h3-5,7,11,13-14H,2,6,8-10,12H2,1H3. The molecular formula is C22H22FN5O2. The quantitative estimate of drug-likeness (QED) is 0.627. The molecule has 8 heteroatoms. The van der Waals surface area contributed by atoms with E-state index in [1.54, 1.807) is 29.3 Å². The Hall–Kier alpha value is -3.42. The van der Waals surface area contributed by atoms with Crippen LogP contribution in [0.1, 0.15) is 30.7 Å². The highest BCUT2D eigenvalue weighted by atomic mass is 19.1. The van der Waals surface area contributed by atoms with Crippen LogP contribution in [-0.4, -0.2) is 38.0 Å². The summed E-state index contributed by atoms with van der Waals surface area (Å²) in [6.07, 6.45) is 4.13. The van der Waals surface area contributed by atoms with E-state index in [9.17, 15) is 14.0 Å². The van der Waals surface area contributed by atoms with Crippen LogP contribution < -0.4 is 4.90 Å². The molecule has 0 saturated carbocycles. The summed E-state index contributed by atoms with van der Waals surface area (Å²) in [6, 6.07) is 8.38. The summed E-state index contributed by atoms with van der Waals surface area (Å²) in [5, 5.41) is 4.39. The van der Waals surface area contributed by atoms with Crippen LogP contribution in [0.5, 0.6) is 0 Å². The first-order valence-corrected chi connectivity index (χ1v) is 9.93. The fourth-order valence-corrected chi connectivity index (χ4v) is 3.56. The number of ketones is 1. The Morgan fingerprint density at radius 2 is 1.93 bits per heavy atom. The number of aromatic nitrogens is 4. The van der Waals surface area contributed by atoms with Crippen LogP contribution in [0, 0.1) is 12.7 Å². The van der Waals surface area contributed by atoms with Crippen molar-refractivity contribution in [2.75, 3.05) is 11.4 Å². The molecule has 154 valence electrons. The summed E-state index contributed by atoms with van der Waals surface area (Å²) in [4.78, 5) is 35.0. The van der Waals surface area contributed by atoms with E-state index in [1.165, 1.54) is 6.07 Å². The first-order valence-electron chi connectivity index (χ1n) is 9.93. The Morgan fingerprint density at radius 3 is 2.67 bits per heavy atom. The Bertz CT molecular complexity index is 1060. The molecule has 0 spiro atoms. The second-order valence-corrected chi connectivity index (χ2v) is 7.38. The number of anilines is 1. The predicted molar refractivity (Wildman–Crippen MR) is 109 cm³/mol. The molecule has 0 fully saturated rings. The van der Waals surface area contributed by atoms with Gasteiger partial charge in [0.2, 0.25) is 5.91 Å². The minimum Gasteiger partial charge on any atom is -0.299 e. The summed E-state index contributed by atoms with van der Waals surface area (Å²) in [5.41, 5.74) is 2.87. The third-order valence-electron chi connectivity index (χ3n) is 5.05. The maximum Gasteiger partial charge on any atom is 0.228 e. The fraction of sp³-hybridized carbons (Fsp3) is 0.318. The second kappa shape index (κ2) is 8.52. The minimum atomic E-state index is -0.396. The van der Waals surface area contributed by atoms with Crippen molar-refractivity contribution in [1.29, 1.82) is 0 Å². The molecule has 1 aliphatic heterocycles. The average molecular weight is 407 g/mol. The molecule has 0 atom stereocenters. The SMILES string of the molecule is Cc1cc2n(n1)CCCN2C(=O)CCC(=O)Cc1ccc(-c2ccc(F)cn2)cn1. The van der Waals surface area contributed by atoms with Crippen LogP contribution in [0.2, 0.25) is 0 Å². The Labute approximate surface area is 173 Å². The summed E-state index contributed by atoms with van der Waals surface area (Å²) >= 11 is 0. The minimum absolute atomic E-state index is 0.0368. The zero-order valence-corrected chi connectivity index (χ0v) is 16.7. The first kappa shape index (κ1) is 19.9. The number of halogens is 1. The van der Waals surface area contributed by atoms with Crippen LogP contribution >= 0.6 is 0 Å². The van der Waals surface area contributed by atoms with Gasteiger partial charge < -0.3 is 0 Å². The van der Waals surface area contributed by atoms with Crippen molar-refractivity contribution in [2.45, 2.75) is 39.2 Å². The highest BCUT2D eigenvalue weighted by Gasteiger charge is 2.24. The summed E-state index contributed by atoms with van der Waals surface area (Å²) in [7, 11) is 0. The molecule has 0 bridgehead atoms. The molecule has 0 radical (unpaired) electrons. The maximum absolute atomic E-state index is 13.0. The van der Waals surface area contributed by atoms with E-state index < -0.39 is 5.82 Å². The van der Waals surface area contributed by atoms with Gasteiger partial charge >= 0.3 is 0 Å². The lowest BCUT2D eigenvalue weighted by Gasteiger charge is -2.27. The third-order valence-corrected chi connectivity index (χ3v) is 5.05. The molecule has 1 aliphatic rings. The third kappa shape index (κ3) is 4.42. The van der Waals surface area contributed by atoms with Crippen LogP contribution in [0.3, 0.4) is 0 Å². The highest BCUT2D eigenvalue weighted by Crippen LogP contribution is 2.23. The van der Waals surface area contributed by atoms with E-state index in [1.807, 2.05) is 17.7 Å². The van der Waals surface area contributed by atoms with Crippen molar-refractivity contribution in [3.63, 3.8) is 0 Å². The Kier molecular flexibility index (Phi) is 5.65. The topological polar surface area (TPSA) is 81.0 Å². The summed E-state index contributed by atoms with van der Waals surface area (Å²) < 4.78 is 14.8. The Balaban J connectivity index is 1.32. The number of fused-ring (bicyclic) bond motifs is 1. The van der Waals surface area contributed by atoms with Gasteiger partial charge in [0.15, 0.2) is 0 Å². The van der Waals surface area contributed by atoms with Crippen molar-refractivity contribution >= 4 is 17.5 Å². The molecule has 4 heterocycles. The molecule has 3 aromatic rings. The number of nitrogens with zero attached hydrogens (tertiary/aromatic N) is 5. The predicted octanol–water partition coefficient (Wildman–Crippen LogP) is 3.12. The van der Waals surface area contributed by atoms with Crippen molar-refractivity contribution in [2.24, 2.45) is 0 Å². The van der Waals surface area contributed by atoms with Crippen LogP contribution in [0.15, 0.2) is 42.7 Å². The second-order valence-electron chi connectivity index (χ2n) is 7.38. The van der Waals surface area contributed by atoms with E-state index in [-0.39, 0.29) is 31.0 Å². The van der Waals surface area contributed by atoms with Gasteiger partial charge in [-0.3, -0.25) is 24.5 Å². The average Bonchev–Trinajstić information content (AvgIpc) is 3.13. The van der Waals surface area contributed by atoms with Crippen molar-refractivity contribution in [1.82, 2.24) is 19.7 Å². The molecule has 7 nitrogen and oxygen atoms in total. The monoisotopic (exact) mass is 407 g/mol. The van der Waals surface area contributed by atoms with Crippen molar-refractivity contribution in [3.05, 3.63) is 59.9 Å². The van der Waals surface area contributed by atoms with E-state index in [2.05, 4.69) is 15.1 Å². The zero-order valence-electron chi connectivity index (χ0n) is 16.7. The molecule has 0 aromatic carbocycles. The number of carbonyl (C=O) groups excluding carboxylic acids is 2. The molecule has 0 N–H and O–H groups in total. The van der Waals surface area contributed by atoms with Gasteiger partial charge in [-0.1, -0.05) is 0 Å². The molecule has 0 saturated heterocycles. The lowest BCUT2D eigenvalue weighted by molar-refractivity contribution is -0.123. The fourth-order valence-electron chi connectivity index (χ4n) is 3.56. The number of pyridine rings is 2. The van der Waals surface area contributed by atoms with Gasteiger partial charge in [-0.05, 0) is 37.6 Å². The largest absolute Gasteiger partial charge is 0.299 e.